The van der Waals surface area contributed by atoms with Gasteiger partial charge in [0, 0.05) is 47.4 Å². The van der Waals surface area contributed by atoms with Crippen LogP contribution in [0, 0.1) is 0 Å². The highest BCUT2D eigenvalue weighted by Crippen LogP contribution is 2.40. The molecule has 6 nitrogen and oxygen atoms in total. The number of carbonyl (C=O) groups is 1. The third-order valence-corrected chi connectivity index (χ3v) is 6.02. The first kappa shape index (κ1) is 21.7. The van der Waals surface area contributed by atoms with Crippen molar-refractivity contribution in [3.63, 3.8) is 0 Å². The van der Waals surface area contributed by atoms with Crippen molar-refractivity contribution in [3.8, 4) is 5.75 Å². The molecule has 2 heterocycles. The van der Waals surface area contributed by atoms with Crippen LogP contribution in [0.15, 0.2) is 60.9 Å². The lowest BCUT2D eigenvalue weighted by Crippen LogP contribution is -2.45. The summed E-state index contributed by atoms with van der Waals surface area (Å²) < 4.78 is 13.2. The standard InChI is InChI=1S/C23H23Cl2N3O3/c24-17-5-6-20(21(25)15-17)23(7-12-30-13-8-23)22(29)27-18-3-1-4-19(16-18)31-14-11-28-10-2-9-26-28/h1-6,9-10,15-16H,7-8,11-14H2,(H,27,29). The molecule has 0 radical (unpaired) electrons. The Labute approximate surface area is 191 Å². The number of benzene rings is 2. The molecule has 162 valence electrons. The van der Waals surface area contributed by atoms with E-state index in [0.717, 1.165) is 5.56 Å². The zero-order valence-electron chi connectivity index (χ0n) is 16.9. The maximum atomic E-state index is 13.5. The molecule has 1 aromatic heterocycles. The lowest BCUT2D eigenvalue weighted by molar-refractivity contribution is -0.125. The summed E-state index contributed by atoms with van der Waals surface area (Å²) in [5, 5.41) is 8.23. The summed E-state index contributed by atoms with van der Waals surface area (Å²) in [4.78, 5) is 13.5. The molecule has 3 aromatic rings. The number of hydrogen-bond donors (Lipinski definition) is 1. The quantitative estimate of drug-likeness (QED) is 0.542. The van der Waals surface area contributed by atoms with E-state index >= 15 is 0 Å². The van der Waals surface area contributed by atoms with Crippen molar-refractivity contribution in [1.82, 2.24) is 9.78 Å². The summed E-state index contributed by atoms with van der Waals surface area (Å²) in [5.41, 5.74) is 0.653. The zero-order chi connectivity index (χ0) is 21.7. The van der Waals surface area contributed by atoms with Gasteiger partial charge in [0.1, 0.15) is 12.4 Å². The highest BCUT2D eigenvalue weighted by Gasteiger charge is 2.43. The third-order valence-electron chi connectivity index (χ3n) is 5.47. The van der Waals surface area contributed by atoms with Crippen LogP contribution in [0.5, 0.6) is 5.75 Å². The van der Waals surface area contributed by atoms with Crippen molar-refractivity contribution in [2.75, 3.05) is 25.1 Å². The van der Waals surface area contributed by atoms with Crippen LogP contribution < -0.4 is 10.1 Å². The number of hydrogen-bond acceptors (Lipinski definition) is 4. The Morgan fingerprint density at radius 1 is 1.16 bits per heavy atom. The van der Waals surface area contributed by atoms with Gasteiger partial charge in [-0.05, 0) is 48.7 Å². The fourth-order valence-corrected chi connectivity index (χ4v) is 4.41. The molecule has 1 saturated heterocycles. The van der Waals surface area contributed by atoms with Crippen LogP contribution in [0.4, 0.5) is 5.69 Å². The number of amides is 1. The molecule has 8 heteroatoms. The van der Waals surface area contributed by atoms with Crippen molar-refractivity contribution in [2.45, 2.75) is 24.8 Å². The van der Waals surface area contributed by atoms with E-state index in [4.69, 9.17) is 32.7 Å². The first-order chi connectivity index (χ1) is 15.1. The minimum Gasteiger partial charge on any atom is -0.492 e. The summed E-state index contributed by atoms with van der Waals surface area (Å²) in [6.07, 6.45) is 4.70. The Kier molecular flexibility index (Phi) is 6.80. The summed E-state index contributed by atoms with van der Waals surface area (Å²) in [5.74, 6) is 0.559. The molecule has 0 aliphatic carbocycles. The van der Waals surface area contributed by atoms with E-state index in [9.17, 15) is 4.79 Å². The Morgan fingerprint density at radius 2 is 2.00 bits per heavy atom. The second-order valence-electron chi connectivity index (χ2n) is 7.42. The normalized spacial score (nSPS) is 15.4. The number of carbonyl (C=O) groups excluding carboxylic acids is 1. The van der Waals surface area contributed by atoms with E-state index in [0.29, 0.717) is 60.7 Å². The molecule has 1 aliphatic heterocycles. The second-order valence-corrected chi connectivity index (χ2v) is 8.26. The number of ether oxygens (including phenoxy) is 2. The van der Waals surface area contributed by atoms with Crippen molar-refractivity contribution in [2.24, 2.45) is 0 Å². The van der Waals surface area contributed by atoms with E-state index < -0.39 is 5.41 Å². The maximum Gasteiger partial charge on any atom is 0.235 e. The summed E-state index contributed by atoms with van der Waals surface area (Å²) in [7, 11) is 0. The van der Waals surface area contributed by atoms with Crippen LogP contribution in [-0.4, -0.2) is 35.5 Å². The van der Waals surface area contributed by atoms with Crippen molar-refractivity contribution >= 4 is 34.8 Å². The molecule has 1 fully saturated rings. The molecule has 1 N–H and O–H groups in total. The van der Waals surface area contributed by atoms with Crippen molar-refractivity contribution in [1.29, 1.82) is 0 Å². The molecule has 2 aromatic carbocycles. The number of rotatable bonds is 7. The molecule has 0 bridgehead atoms. The first-order valence-electron chi connectivity index (χ1n) is 10.1. The van der Waals surface area contributed by atoms with Gasteiger partial charge in [0.05, 0.1) is 12.0 Å². The molecule has 0 saturated carbocycles. The van der Waals surface area contributed by atoms with Crippen molar-refractivity contribution < 1.29 is 14.3 Å². The van der Waals surface area contributed by atoms with Gasteiger partial charge in [-0.3, -0.25) is 9.48 Å². The maximum absolute atomic E-state index is 13.5. The Morgan fingerprint density at radius 3 is 2.74 bits per heavy atom. The van der Waals surface area contributed by atoms with Crippen LogP contribution in [0.2, 0.25) is 10.0 Å². The largest absolute Gasteiger partial charge is 0.492 e. The average Bonchev–Trinajstić information content (AvgIpc) is 3.28. The fourth-order valence-electron chi connectivity index (χ4n) is 3.82. The number of nitrogens with zero attached hydrogens (tertiary/aromatic N) is 2. The Hall–Kier alpha value is -2.54. The van der Waals surface area contributed by atoms with Crippen LogP contribution in [0.3, 0.4) is 0 Å². The lowest BCUT2D eigenvalue weighted by atomic mass is 9.73. The van der Waals surface area contributed by atoms with Gasteiger partial charge in [-0.15, -0.1) is 0 Å². The average molecular weight is 460 g/mol. The molecule has 31 heavy (non-hydrogen) atoms. The number of nitrogens with one attached hydrogen (secondary N) is 1. The predicted octanol–water partition coefficient (Wildman–Crippen LogP) is 4.96. The summed E-state index contributed by atoms with van der Waals surface area (Å²) >= 11 is 12.6. The smallest absolute Gasteiger partial charge is 0.235 e. The molecule has 0 unspecified atom stereocenters. The number of aromatic nitrogens is 2. The zero-order valence-corrected chi connectivity index (χ0v) is 18.4. The van der Waals surface area contributed by atoms with Gasteiger partial charge in [-0.2, -0.15) is 5.10 Å². The van der Waals surface area contributed by atoms with Crippen molar-refractivity contribution in [3.05, 3.63) is 76.5 Å². The molecule has 0 atom stereocenters. The lowest BCUT2D eigenvalue weighted by Gasteiger charge is -2.36. The van der Waals surface area contributed by atoms with Gasteiger partial charge in [-0.1, -0.05) is 35.3 Å². The van der Waals surface area contributed by atoms with Gasteiger partial charge in [0.15, 0.2) is 0 Å². The highest BCUT2D eigenvalue weighted by atomic mass is 35.5. The SMILES string of the molecule is O=C(Nc1cccc(OCCn2cccn2)c1)C1(c2ccc(Cl)cc2Cl)CCOCC1. The van der Waals surface area contributed by atoms with Gasteiger partial charge in [-0.25, -0.2) is 0 Å². The molecule has 1 amide bonds. The van der Waals surface area contributed by atoms with Gasteiger partial charge in [0.25, 0.3) is 0 Å². The predicted molar refractivity (Wildman–Crippen MR) is 121 cm³/mol. The number of anilines is 1. The van der Waals surface area contributed by atoms with Crippen LogP contribution >= 0.6 is 23.2 Å². The van der Waals surface area contributed by atoms with E-state index in [1.165, 1.54) is 0 Å². The van der Waals surface area contributed by atoms with Gasteiger partial charge < -0.3 is 14.8 Å². The minimum absolute atomic E-state index is 0.117. The molecule has 4 rings (SSSR count). The molecule has 1 aliphatic rings. The van der Waals surface area contributed by atoms with E-state index in [-0.39, 0.29) is 5.91 Å². The van der Waals surface area contributed by atoms with E-state index in [1.54, 1.807) is 23.0 Å². The fraction of sp³-hybridized carbons (Fsp3) is 0.304. The summed E-state index contributed by atoms with van der Waals surface area (Å²) in [6.45, 7) is 2.09. The van der Waals surface area contributed by atoms with E-state index in [1.807, 2.05) is 42.6 Å². The minimum atomic E-state index is -0.781. The van der Waals surface area contributed by atoms with Crippen LogP contribution in [-0.2, 0) is 21.5 Å². The van der Waals surface area contributed by atoms with E-state index in [2.05, 4.69) is 10.4 Å². The third kappa shape index (κ3) is 5.03. The molecular formula is C23H23Cl2N3O3. The number of halogens is 2. The topological polar surface area (TPSA) is 65.4 Å². The van der Waals surface area contributed by atoms with Crippen LogP contribution in [0.1, 0.15) is 18.4 Å². The monoisotopic (exact) mass is 459 g/mol. The van der Waals surface area contributed by atoms with Gasteiger partial charge >= 0.3 is 0 Å². The van der Waals surface area contributed by atoms with Gasteiger partial charge in [0.2, 0.25) is 5.91 Å². The Bertz CT molecular complexity index is 1030. The molecular weight excluding hydrogens is 437 g/mol. The summed E-state index contributed by atoms with van der Waals surface area (Å²) in [6, 6.07) is 14.5. The Balaban J connectivity index is 1.49. The highest BCUT2D eigenvalue weighted by molar-refractivity contribution is 6.35. The van der Waals surface area contributed by atoms with Crippen LogP contribution in [0.25, 0.3) is 0 Å². The molecule has 0 spiro atoms. The first-order valence-corrected chi connectivity index (χ1v) is 10.9. The second kappa shape index (κ2) is 9.73.